The van der Waals surface area contributed by atoms with Gasteiger partial charge in [-0.3, -0.25) is 4.79 Å². The van der Waals surface area contributed by atoms with Gasteiger partial charge in [0.2, 0.25) is 0 Å². The molecule has 0 spiro atoms. The predicted molar refractivity (Wildman–Crippen MR) is 88.7 cm³/mol. The second-order valence-electron chi connectivity index (χ2n) is 4.75. The zero-order chi connectivity index (χ0) is 16.8. The third-order valence-corrected chi connectivity index (χ3v) is 3.51. The molecule has 1 amide bonds. The summed E-state index contributed by atoms with van der Waals surface area (Å²) in [5.74, 6) is 1.52. The number of benzene rings is 2. The minimum atomic E-state index is -0.272. The second kappa shape index (κ2) is 7.74. The highest BCUT2D eigenvalue weighted by molar-refractivity contribution is 6.31. The Kier molecular flexibility index (Phi) is 5.71. The van der Waals surface area contributed by atoms with E-state index in [1.165, 1.54) is 7.11 Å². The summed E-state index contributed by atoms with van der Waals surface area (Å²) in [6.45, 7) is 0.321. The first kappa shape index (κ1) is 17.0. The molecule has 6 heteroatoms. The summed E-state index contributed by atoms with van der Waals surface area (Å²) in [5, 5.41) is 3.30. The van der Waals surface area contributed by atoms with Crippen LogP contribution in [0, 0.1) is 0 Å². The molecule has 2 aromatic carbocycles. The predicted octanol–water partition coefficient (Wildman–Crippen LogP) is 3.30. The van der Waals surface area contributed by atoms with E-state index >= 15 is 0 Å². The number of carbonyl (C=O) groups is 1. The van der Waals surface area contributed by atoms with Gasteiger partial charge in [0.15, 0.2) is 0 Å². The molecule has 0 aromatic heterocycles. The van der Waals surface area contributed by atoms with Crippen LogP contribution in [0.25, 0.3) is 0 Å². The van der Waals surface area contributed by atoms with Gasteiger partial charge >= 0.3 is 0 Å². The lowest BCUT2D eigenvalue weighted by molar-refractivity contribution is 0.0948. The number of ether oxygens (including phenoxy) is 3. The van der Waals surface area contributed by atoms with Gasteiger partial charge in [-0.15, -0.1) is 0 Å². The molecular formula is C17H18ClNO4. The molecule has 0 heterocycles. The van der Waals surface area contributed by atoms with Crippen molar-refractivity contribution in [1.82, 2.24) is 5.32 Å². The second-order valence-corrected chi connectivity index (χ2v) is 5.18. The average molecular weight is 336 g/mol. The van der Waals surface area contributed by atoms with E-state index in [4.69, 9.17) is 25.8 Å². The summed E-state index contributed by atoms with van der Waals surface area (Å²) in [6, 6.07) is 10.3. The zero-order valence-electron chi connectivity index (χ0n) is 13.2. The van der Waals surface area contributed by atoms with Crippen LogP contribution >= 0.6 is 11.6 Å². The Morgan fingerprint density at radius 3 is 2.22 bits per heavy atom. The van der Waals surface area contributed by atoms with E-state index in [1.54, 1.807) is 38.5 Å². The van der Waals surface area contributed by atoms with Crippen LogP contribution in [0.4, 0.5) is 0 Å². The molecule has 23 heavy (non-hydrogen) atoms. The largest absolute Gasteiger partial charge is 0.497 e. The highest BCUT2D eigenvalue weighted by Crippen LogP contribution is 2.24. The van der Waals surface area contributed by atoms with Crippen LogP contribution in [0.5, 0.6) is 17.2 Å². The Morgan fingerprint density at radius 1 is 1.00 bits per heavy atom. The molecule has 0 radical (unpaired) electrons. The monoisotopic (exact) mass is 335 g/mol. The van der Waals surface area contributed by atoms with Gasteiger partial charge in [0.05, 0.1) is 26.9 Å². The molecule has 0 aliphatic heterocycles. The Labute approximate surface area is 140 Å². The molecule has 0 atom stereocenters. The van der Waals surface area contributed by atoms with E-state index in [1.807, 2.05) is 12.1 Å². The van der Waals surface area contributed by atoms with E-state index in [-0.39, 0.29) is 5.91 Å². The maximum absolute atomic E-state index is 12.3. The average Bonchev–Trinajstić information content (AvgIpc) is 2.59. The molecule has 122 valence electrons. The van der Waals surface area contributed by atoms with E-state index in [2.05, 4.69) is 5.32 Å². The van der Waals surface area contributed by atoms with Crippen molar-refractivity contribution >= 4 is 17.5 Å². The Hall–Kier alpha value is -2.40. The lowest BCUT2D eigenvalue weighted by Crippen LogP contribution is -2.23. The molecule has 0 unspecified atom stereocenters. The van der Waals surface area contributed by atoms with E-state index in [9.17, 15) is 4.79 Å². The van der Waals surface area contributed by atoms with Crippen molar-refractivity contribution in [2.24, 2.45) is 0 Å². The SMILES string of the molecule is COc1cc(CNC(=O)c2cc(Cl)ccc2OC)cc(OC)c1. The summed E-state index contributed by atoms with van der Waals surface area (Å²) >= 11 is 5.95. The quantitative estimate of drug-likeness (QED) is 0.880. The van der Waals surface area contributed by atoms with Gasteiger partial charge in [-0.25, -0.2) is 0 Å². The molecule has 0 aliphatic carbocycles. The van der Waals surface area contributed by atoms with Crippen molar-refractivity contribution in [3.63, 3.8) is 0 Å². The minimum Gasteiger partial charge on any atom is -0.497 e. The third kappa shape index (κ3) is 4.29. The third-order valence-electron chi connectivity index (χ3n) is 3.27. The summed E-state index contributed by atoms with van der Waals surface area (Å²) in [6.07, 6.45) is 0. The number of halogens is 1. The van der Waals surface area contributed by atoms with Gasteiger partial charge in [-0.2, -0.15) is 0 Å². The van der Waals surface area contributed by atoms with Crippen molar-refractivity contribution in [1.29, 1.82) is 0 Å². The molecular weight excluding hydrogens is 318 g/mol. The van der Waals surface area contributed by atoms with E-state index in [0.717, 1.165) is 5.56 Å². The summed E-state index contributed by atoms with van der Waals surface area (Å²) < 4.78 is 15.6. The molecule has 1 N–H and O–H groups in total. The smallest absolute Gasteiger partial charge is 0.255 e. The Morgan fingerprint density at radius 2 is 1.65 bits per heavy atom. The number of hydrogen-bond donors (Lipinski definition) is 1. The Bertz CT molecular complexity index is 681. The van der Waals surface area contributed by atoms with Crippen LogP contribution in [0.2, 0.25) is 5.02 Å². The van der Waals surface area contributed by atoms with Crippen molar-refractivity contribution in [3.8, 4) is 17.2 Å². The van der Waals surface area contributed by atoms with Crippen LogP contribution in [-0.4, -0.2) is 27.2 Å². The van der Waals surface area contributed by atoms with Crippen LogP contribution in [0.3, 0.4) is 0 Å². The lowest BCUT2D eigenvalue weighted by Gasteiger charge is -2.11. The van der Waals surface area contributed by atoms with Crippen LogP contribution < -0.4 is 19.5 Å². The van der Waals surface area contributed by atoms with Gasteiger partial charge < -0.3 is 19.5 Å². The summed E-state index contributed by atoms with van der Waals surface area (Å²) in [5.41, 5.74) is 1.24. The normalized spacial score (nSPS) is 10.1. The fourth-order valence-corrected chi connectivity index (χ4v) is 2.28. The minimum absolute atomic E-state index is 0.272. The molecule has 5 nitrogen and oxygen atoms in total. The molecule has 0 saturated heterocycles. The number of amides is 1. The highest BCUT2D eigenvalue weighted by atomic mass is 35.5. The summed E-state index contributed by atoms with van der Waals surface area (Å²) in [7, 11) is 4.66. The van der Waals surface area contributed by atoms with Gasteiger partial charge in [0, 0.05) is 17.6 Å². The van der Waals surface area contributed by atoms with Crippen LogP contribution in [-0.2, 0) is 6.54 Å². The van der Waals surface area contributed by atoms with Gasteiger partial charge in [0.25, 0.3) is 5.91 Å². The number of carbonyl (C=O) groups excluding carboxylic acids is 1. The molecule has 2 aromatic rings. The highest BCUT2D eigenvalue weighted by Gasteiger charge is 2.13. The molecule has 2 rings (SSSR count). The first-order valence-electron chi connectivity index (χ1n) is 6.91. The number of hydrogen-bond acceptors (Lipinski definition) is 4. The fourth-order valence-electron chi connectivity index (χ4n) is 2.10. The molecule has 0 saturated carbocycles. The van der Waals surface area contributed by atoms with Crippen molar-refractivity contribution in [2.45, 2.75) is 6.54 Å². The zero-order valence-corrected chi connectivity index (χ0v) is 13.9. The van der Waals surface area contributed by atoms with E-state index in [0.29, 0.717) is 34.4 Å². The first-order valence-corrected chi connectivity index (χ1v) is 7.29. The van der Waals surface area contributed by atoms with Gasteiger partial charge in [0.1, 0.15) is 17.2 Å². The topological polar surface area (TPSA) is 56.8 Å². The lowest BCUT2D eigenvalue weighted by atomic mass is 10.1. The molecule has 0 bridgehead atoms. The van der Waals surface area contributed by atoms with Crippen molar-refractivity contribution in [3.05, 3.63) is 52.5 Å². The van der Waals surface area contributed by atoms with E-state index < -0.39 is 0 Å². The van der Waals surface area contributed by atoms with Gasteiger partial charge in [-0.05, 0) is 35.9 Å². The van der Waals surface area contributed by atoms with Crippen molar-refractivity contribution in [2.75, 3.05) is 21.3 Å². The standard InChI is InChI=1S/C17H18ClNO4/c1-21-13-6-11(7-14(9-13)22-2)10-19-17(20)15-8-12(18)4-5-16(15)23-3/h4-9H,10H2,1-3H3,(H,19,20). The number of rotatable bonds is 6. The number of nitrogens with one attached hydrogen (secondary N) is 1. The molecule has 0 aliphatic rings. The van der Waals surface area contributed by atoms with Crippen molar-refractivity contribution < 1.29 is 19.0 Å². The van der Waals surface area contributed by atoms with Crippen LogP contribution in [0.1, 0.15) is 15.9 Å². The molecule has 0 fully saturated rings. The summed E-state index contributed by atoms with van der Waals surface area (Å²) in [4.78, 5) is 12.3. The Balaban J connectivity index is 2.14. The fraction of sp³-hybridized carbons (Fsp3) is 0.235. The number of methoxy groups -OCH3 is 3. The maximum Gasteiger partial charge on any atom is 0.255 e. The van der Waals surface area contributed by atoms with Gasteiger partial charge in [-0.1, -0.05) is 11.6 Å². The van der Waals surface area contributed by atoms with Crippen LogP contribution in [0.15, 0.2) is 36.4 Å². The maximum atomic E-state index is 12.3. The first-order chi connectivity index (χ1) is 11.1.